The van der Waals surface area contributed by atoms with Gasteiger partial charge < -0.3 is 10.2 Å². The van der Waals surface area contributed by atoms with Crippen LogP contribution < -0.4 is 5.32 Å². The molecular formula is C14H25F3IN5. The summed E-state index contributed by atoms with van der Waals surface area (Å²) in [6.07, 6.45) is -3.13. The van der Waals surface area contributed by atoms with E-state index in [9.17, 15) is 13.2 Å². The van der Waals surface area contributed by atoms with Crippen molar-refractivity contribution in [2.75, 3.05) is 20.6 Å². The third-order valence-corrected chi connectivity index (χ3v) is 3.16. The van der Waals surface area contributed by atoms with E-state index in [-0.39, 0.29) is 36.4 Å². The van der Waals surface area contributed by atoms with Gasteiger partial charge in [0.2, 0.25) is 0 Å². The number of nitrogens with one attached hydrogen (secondary N) is 1. The van der Waals surface area contributed by atoms with Crippen molar-refractivity contribution in [3.8, 4) is 0 Å². The fourth-order valence-corrected chi connectivity index (χ4v) is 2.19. The van der Waals surface area contributed by atoms with Crippen molar-refractivity contribution >= 4 is 29.9 Å². The zero-order valence-electron chi connectivity index (χ0n) is 14.1. The molecule has 0 saturated heterocycles. The summed E-state index contributed by atoms with van der Waals surface area (Å²) in [6.45, 7) is 4.46. The van der Waals surface area contributed by atoms with E-state index in [1.165, 1.54) is 0 Å². The van der Waals surface area contributed by atoms with Crippen LogP contribution in [0, 0.1) is 0 Å². The highest BCUT2D eigenvalue weighted by Crippen LogP contribution is 2.19. The van der Waals surface area contributed by atoms with Gasteiger partial charge in [0.05, 0.1) is 12.1 Å². The number of guanidine groups is 1. The highest BCUT2D eigenvalue weighted by Gasteiger charge is 2.26. The van der Waals surface area contributed by atoms with Gasteiger partial charge >= 0.3 is 6.18 Å². The van der Waals surface area contributed by atoms with E-state index in [2.05, 4.69) is 29.3 Å². The molecule has 5 nitrogen and oxygen atoms in total. The first-order valence-electron chi connectivity index (χ1n) is 7.15. The lowest BCUT2D eigenvalue weighted by molar-refractivity contribution is -0.132. The Morgan fingerprint density at radius 1 is 1.43 bits per heavy atom. The quantitative estimate of drug-likeness (QED) is 0.429. The van der Waals surface area contributed by atoms with Crippen LogP contribution in [0.4, 0.5) is 13.2 Å². The van der Waals surface area contributed by atoms with E-state index < -0.39 is 12.6 Å². The van der Waals surface area contributed by atoms with Gasteiger partial charge in [-0.1, -0.05) is 13.8 Å². The Morgan fingerprint density at radius 2 is 2.04 bits per heavy atom. The van der Waals surface area contributed by atoms with Crippen molar-refractivity contribution in [1.29, 1.82) is 0 Å². The molecule has 0 aromatic carbocycles. The van der Waals surface area contributed by atoms with Crippen LogP contribution in [-0.2, 0) is 13.6 Å². The smallest absolute Gasteiger partial charge is 0.356 e. The summed E-state index contributed by atoms with van der Waals surface area (Å²) >= 11 is 0. The Balaban J connectivity index is 0.00000484. The molecule has 1 rings (SSSR count). The van der Waals surface area contributed by atoms with Crippen LogP contribution in [0.1, 0.15) is 37.4 Å². The van der Waals surface area contributed by atoms with Crippen LogP contribution in [-0.4, -0.2) is 47.5 Å². The summed E-state index contributed by atoms with van der Waals surface area (Å²) in [5, 5.41) is 7.15. The number of aliphatic imine (C=N–C) groups is 1. The molecule has 0 amide bonds. The second kappa shape index (κ2) is 9.33. The van der Waals surface area contributed by atoms with Crippen LogP contribution in [0.5, 0.6) is 0 Å². The molecule has 1 aromatic heterocycles. The van der Waals surface area contributed by atoms with Crippen LogP contribution >= 0.6 is 24.0 Å². The zero-order chi connectivity index (χ0) is 16.9. The molecule has 134 valence electrons. The molecule has 0 fully saturated rings. The summed E-state index contributed by atoms with van der Waals surface area (Å²) in [7, 11) is 5.20. The lowest BCUT2D eigenvalue weighted by Gasteiger charge is -2.22. The van der Waals surface area contributed by atoms with Gasteiger partial charge in [0, 0.05) is 46.0 Å². The highest BCUT2D eigenvalue weighted by molar-refractivity contribution is 14.0. The van der Waals surface area contributed by atoms with Gasteiger partial charge in [0.25, 0.3) is 0 Å². The number of halogens is 4. The molecule has 9 heteroatoms. The van der Waals surface area contributed by atoms with E-state index in [4.69, 9.17) is 0 Å². The number of hydrogen-bond acceptors (Lipinski definition) is 2. The Labute approximate surface area is 152 Å². The van der Waals surface area contributed by atoms with Crippen molar-refractivity contribution in [2.45, 2.75) is 38.9 Å². The molecular weight excluding hydrogens is 422 g/mol. The van der Waals surface area contributed by atoms with Crippen LogP contribution in [0.25, 0.3) is 0 Å². The summed E-state index contributed by atoms with van der Waals surface area (Å²) in [6, 6.07) is 0. The summed E-state index contributed by atoms with van der Waals surface area (Å²) in [4.78, 5) is 5.81. The first-order valence-corrected chi connectivity index (χ1v) is 7.15. The van der Waals surface area contributed by atoms with Gasteiger partial charge in [-0.3, -0.25) is 9.67 Å². The van der Waals surface area contributed by atoms with E-state index in [1.807, 2.05) is 13.2 Å². The van der Waals surface area contributed by atoms with E-state index in [0.29, 0.717) is 12.5 Å². The molecule has 1 heterocycles. The molecule has 0 bridgehead atoms. The Kier molecular flexibility index (Phi) is 8.93. The van der Waals surface area contributed by atoms with Crippen molar-refractivity contribution in [3.63, 3.8) is 0 Å². The minimum atomic E-state index is -4.17. The van der Waals surface area contributed by atoms with Gasteiger partial charge in [0.15, 0.2) is 5.96 Å². The second-order valence-electron chi connectivity index (χ2n) is 5.56. The Morgan fingerprint density at radius 3 is 2.52 bits per heavy atom. The molecule has 0 saturated carbocycles. The number of rotatable bonds is 5. The Bertz CT molecular complexity index is 511. The molecule has 23 heavy (non-hydrogen) atoms. The molecule has 0 atom stereocenters. The molecule has 1 N–H and O–H groups in total. The van der Waals surface area contributed by atoms with Gasteiger partial charge in [0.1, 0.15) is 0 Å². The average molecular weight is 447 g/mol. The van der Waals surface area contributed by atoms with Gasteiger partial charge in [-0.2, -0.15) is 18.3 Å². The summed E-state index contributed by atoms with van der Waals surface area (Å²) in [5.41, 5.74) is 2.03. The van der Waals surface area contributed by atoms with Crippen LogP contribution in [0.15, 0.2) is 11.2 Å². The minimum absolute atomic E-state index is 0. The highest BCUT2D eigenvalue weighted by atomic mass is 127. The number of alkyl halides is 3. The molecule has 0 aliphatic carbocycles. The molecule has 0 aliphatic rings. The summed E-state index contributed by atoms with van der Waals surface area (Å²) in [5.74, 6) is 0.715. The number of aromatic nitrogens is 2. The monoisotopic (exact) mass is 447 g/mol. The van der Waals surface area contributed by atoms with Crippen LogP contribution in [0.3, 0.4) is 0 Å². The number of hydrogen-bond donors (Lipinski definition) is 1. The van der Waals surface area contributed by atoms with Crippen molar-refractivity contribution in [2.24, 2.45) is 12.0 Å². The first kappa shape index (κ1) is 22.0. The SMILES string of the molecule is CN=C(NCCC(F)(F)F)N(C)Cc1cn(C)nc1C(C)C.I. The molecule has 0 spiro atoms. The molecule has 0 aliphatic heterocycles. The fraction of sp³-hybridized carbons (Fsp3) is 0.714. The summed E-state index contributed by atoms with van der Waals surface area (Å²) < 4.78 is 38.3. The molecule has 0 unspecified atom stereocenters. The predicted octanol–water partition coefficient (Wildman–Crippen LogP) is 3.12. The van der Waals surface area contributed by atoms with E-state index >= 15 is 0 Å². The third-order valence-electron chi connectivity index (χ3n) is 3.16. The predicted molar refractivity (Wildman–Crippen MR) is 96.2 cm³/mol. The standard InChI is InChI=1S/C14H24F3N5.HI/c1-10(2)12-11(9-22(5)20-12)8-21(4)13(18-3)19-7-6-14(15,16)17;/h9-10H,6-8H2,1-5H3,(H,18,19);1H. The second-order valence-corrected chi connectivity index (χ2v) is 5.56. The lowest BCUT2D eigenvalue weighted by atomic mass is 10.1. The zero-order valence-corrected chi connectivity index (χ0v) is 16.4. The van der Waals surface area contributed by atoms with Crippen LogP contribution in [0.2, 0.25) is 0 Å². The Hall–Kier alpha value is -1.00. The topological polar surface area (TPSA) is 45.5 Å². The molecule has 0 radical (unpaired) electrons. The van der Waals surface area contributed by atoms with E-state index in [1.54, 1.807) is 23.7 Å². The van der Waals surface area contributed by atoms with Crippen molar-refractivity contribution in [3.05, 3.63) is 17.5 Å². The first-order chi connectivity index (χ1) is 10.1. The van der Waals surface area contributed by atoms with Gasteiger partial charge in [-0.15, -0.1) is 24.0 Å². The maximum absolute atomic E-state index is 12.2. The fourth-order valence-electron chi connectivity index (χ4n) is 2.19. The average Bonchev–Trinajstić information content (AvgIpc) is 2.74. The van der Waals surface area contributed by atoms with Gasteiger partial charge in [-0.25, -0.2) is 0 Å². The molecule has 1 aromatic rings. The maximum atomic E-state index is 12.2. The van der Waals surface area contributed by atoms with Crippen molar-refractivity contribution in [1.82, 2.24) is 20.0 Å². The van der Waals surface area contributed by atoms with Crippen molar-refractivity contribution < 1.29 is 13.2 Å². The largest absolute Gasteiger partial charge is 0.390 e. The number of aryl methyl sites for hydroxylation is 1. The maximum Gasteiger partial charge on any atom is 0.390 e. The lowest BCUT2D eigenvalue weighted by Crippen LogP contribution is -2.40. The normalized spacial score (nSPS) is 12.3. The van der Waals surface area contributed by atoms with E-state index in [0.717, 1.165) is 11.3 Å². The number of nitrogens with zero attached hydrogens (tertiary/aromatic N) is 4. The minimum Gasteiger partial charge on any atom is -0.356 e. The van der Waals surface area contributed by atoms with Gasteiger partial charge in [-0.05, 0) is 5.92 Å². The third kappa shape index (κ3) is 7.40.